The summed E-state index contributed by atoms with van der Waals surface area (Å²) in [6, 6.07) is 2.52. The van der Waals surface area contributed by atoms with Gasteiger partial charge in [0.05, 0.1) is 18.4 Å². The minimum Gasteiger partial charge on any atom is -0.467 e. The SMILES string of the molecule is CCOC(=O)C1=C(CN2CCCCCC2)NC(=O)N[C@@H]1c1ccco1. The average molecular weight is 347 g/mol. The van der Waals surface area contributed by atoms with Crippen molar-refractivity contribution in [3.05, 3.63) is 35.4 Å². The molecule has 2 N–H and O–H groups in total. The predicted molar refractivity (Wildman–Crippen MR) is 91.7 cm³/mol. The molecule has 0 spiro atoms. The lowest BCUT2D eigenvalue weighted by molar-refractivity contribution is -0.139. The van der Waals surface area contributed by atoms with Gasteiger partial charge in [0.2, 0.25) is 0 Å². The Labute approximate surface area is 147 Å². The van der Waals surface area contributed by atoms with E-state index in [0.29, 0.717) is 23.6 Å². The molecule has 1 atom stereocenters. The lowest BCUT2D eigenvalue weighted by Crippen LogP contribution is -2.48. The molecule has 3 heterocycles. The number of nitrogens with zero attached hydrogens (tertiary/aromatic N) is 1. The summed E-state index contributed by atoms with van der Waals surface area (Å²) in [6.45, 7) is 4.50. The van der Waals surface area contributed by atoms with Crippen molar-refractivity contribution in [2.24, 2.45) is 0 Å². The number of carbonyl (C=O) groups excluding carboxylic acids is 2. The molecule has 0 saturated carbocycles. The summed E-state index contributed by atoms with van der Waals surface area (Å²) in [5.41, 5.74) is 1.02. The van der Waals surface area contributed by atoms with Crippen molar-refractivity contribution in [2.75, 3.05) is 26.2 Å². The molecule has 0 aliphatic carbocycles. The van der Waals surface area contributed by atoms with Gasteiger partial charge < -0.3 is 19.8 Å². The zero-order chi connectivity index (χ0) is 17.6. The quantitative estimate of drug-likeness (QED) is 0.799. The third-order valence-corrected chi connectivity index (χ3v) is 4.56. The van der Waals surface area contributed by atoms with Crippen LogP contribution < -0.4 is 10.6 Å². The van der Waals surface area contributed by atoms with Crippen LogP contribution in [0.3, 0.4) is 0 Å². The fourth-order valence-electron chi connectivity index (χ4n) is 3.38. The van der Waals surface area contributed by atoms with Gasteiger partial charge in [-0.25, -0.2) is 9.59 Å². The highest BCUT2D eigenvalue weighted by Gasteiger charge is 2.35. The molecular formula is C18H25N3O4. The number of esters is 1. The van der Waals surface area contributed by atoms with E-state index >= 15 is 0 Å². The number of hydrogen-bond acceptors (Lipinski definition) is 5. The van der Waals surface area contributed by atoms with E-state index in [0.717, 1.165) is 25.9 Å². The second-order valence-corrected chi connectivity index (χ2v) is 6.35. The van der Waals surface area contributed by atoms with Crippen LogP contribution in [0.1, 0.15) is 44.4 Å². The number of amides is 2. The number of carbonyl (C=O) groups is 2. The molecule has 0 unspecified atom stereocenters. The van der Waals surface area contributed by atoms with Gasteiger partial charge in [0, 0.05) is 12.2 Å². The Morgan fingerprint density at radius 3 is 2.72 bits per heavy atom. The Balaban J connectivity index is 1.92. The topological polar surface area (TPSA) is 83.8 Å². The summed E-state index contributed by atoms with van der Waals surface area (Å²) in [4.78, 5) is 27.0. The zero-order valence-electron chi connectivity index (χ0n) is 14.5. The molecule has 7 heteroatoms. The highest BCUT2D eigenvalue weighted by molar-refractivity contribution is 5.95. The van der Waals surface area contributed by atoms with Crippen LogP contribution in [-0.4, -0.2) is 43.1 Å². The Hall–Kier alpha value is -2.28. The molecule has 0 radical (unpaired) electrons. The molecule has 3 rings (SSSR count). The van der Waals surface area contributed by atoms with E-state index in [1.807, 2.05) is 0 Å². The molecule has 1 fully saturated rings. The van der Waals surface area contributed by atoms with Crippen molar-refractivity contribution in [1.82, 2.24) is 15.5 Å². The van der Waals surface area contributed by atoms with Crippen molar-refractivity contribution >= 4 is 12.0 Å². The molecule has 2 aliphatic rings. The molecule has 7 nitrogen and oxygen atoms in total. The van der Waals surface area contributed by atoms with Gasteiger partial charge in [0.25, 0.3) is 0 Å². The van der Waals surface area contributed by atoms with Gasteiger partial charge in [-0.1, -0.05) is 12.8 Å². The van der Waals surface area contributed by atoms with Crippen LogP contribution in [0, 0.1) is 0 Å². The summed E-state index contributed by atoms with van der Waals surface area (Å²) in [7, 11) is 0. The van der Waals surface area contributed by atoms with Crippen molar-refractivity contribution in [3.63, 3.8) is 0 Å². The van der Waals surface area contributed by atoms with E-state index in [-0.39, 0.29) is 12.6 Å². The lowest BCUT2D eigenvalue weighted by atomic mass is 10.00. The van der Waals surface area contributed by atoms with Crippen LogP contribution in [0.2, 0.25) is 0 Å². The van der Waals surface area contributed by atoms with Crippen LogP contribution >= 0.6 is 0 Å². The minimum atomic E-state index is -0.634. The number of likely N-dealkylation sites (tertiary alicyclic amines) is 1. The fraction of sp³-hybridized carbons (Fsp3) is 0.556. The molecule has 2 amide bonds. The Bertz CT molecular complexity index is 631. The molecule has 136 valence electrons. The van der Waals surface area contributed by atoms with E-state index in [9.17, 15) is 9.59 Å². The molecule has 2 aliphatic heterocycles. The second kappa shape index (κ2) is 8.20. The normalized spacial score (nSPS) is 22.1. The largest absolute Gasteiger partial charge is 0.467 e. The monoisotopic (exact) mass is 347 g/mol. The van der Waals surface area contributed by atoms with Crippen LogP contribution in [0.25, 0.3) is 0 Å². The molecule has 1 aromatic rings. The molecule has 1 saturated heterocycles. The van der Waals surface area contributed by atoms with Crippen molar-refractivity contribution < 1.29 is 18.7 Å². The van der Waals surface area contributed by atoms with Crippen molar-refractivity contribution in [2.45, 2.75) is 38.6 Å². The number of furan rings is 1. The molecule has 1 aromatic heterocycles. The van der Waals surface area contributed by atoms with Gasteiger partial charge in [0.1, 0.15) is 11.8 Å². The summed E-state index contributed by atoms with van der Waals surface area (Å²) < 4.78 is 10.7. The third kappa shape index (κ3) is 4.22. The molecule has 0 aromatic carbocycles. The standard InChI is InChI=1S/C18H25N3O4/c1-2-24-17(22)15-13(12-21-9-5-3-4-6-10-21)19-18(23)20-16(15)14-8-7-11-25-14/h7-8,11,16H,2-6,9-10,12H2,1H3,(H2,19,20,23)/t16-/m1/s1. The van der Waals surface area contributed by atoms with Crippen molar-refractivity contribution in [3.8, 4) is 0 Å². The van der Waals surface area contributed by atoms with Crippen LogP contribution in [0.15, 0.2) is 34.1 Å². The maximum absolute atomic E-state index is 12.6. The van der Waals surface area contributed by atoms with E-state index in [4.69, 9.17) is 9.15 Å². The van der Waals surface area contributed by atoms with Gasteiger partial charge in [-0.05, 0) is 45.0 Å². The lowest BCUT2D eigenvalue weighted by Gasteiger charge is -2.30. The van der Waals surface area contributed by atoms with Gasteiger partial charge in [-0.2, -0.15) is 0 Å². The fourth-order valence-corrected chi connectivity index (χ4v) is 3.38. The van der Waals surface area contributed by atoms with E-state index in [2.05, 4.69) is 15.5 Å². The van der Waals surface area contributed by atoms with Gasteiger partial charge in [0.15, 0.2) is 0 Å². The predicted octanol–water partition coefficient (Wildman–Crippen LogP) is 2.33. The second-order valence-electron chi connectivity index (χ2n) is 6.35. The number of nitrogens with one attached hydrogen (secondary N) is 2. The Morgan fingerprint density at radius 2 is 2.08 bits per heavy atom. The van der Waals surface area contributed by atoms with Gasteiger partial charge in [-0.15, -0.1) is 0 Å². The third-order valence-electron chi connectivity index (χ3n) is 4.56. The first kappa shape index (κ1) is 17.5. The smallest absolute Gasteiger partial charge is 0.338 e. The highest BCUT2D eigenvalue weighted by atomic mass is 16.5. The van der Waals surface area contributed by atoms with Crippen LogP contribution in [0.4, 0.5) is 4.79 Å². The maximum atomic E-state index is 12.6. The van der Waals surface area contributed by atoms with Crippen molar-refractivity contribution in [1.29, 1.82) is 0 Å². The minimum absolute atomic E-state index is 0.276. The average Bonchev–Trinajstić information content (AvgIpc) is 3.00. The van der Waals surface area contributed by atoms with E-state index in [1.54, 1.807) is 19.1 Å². The molecule has 0 bridgehead atoms. The Kier molecular flexibility index (Phi) is 5.75. The summed E-state index contributed by atoms with van der Waals surface area (Å²) in [5.74, 6) is 0.0903. The number of ether oxygens (including phenoxy) is 1. The summed E-state index contributed by atoms with van der Waals surface area (Å²) in [5, 5.41) is 5.58. The molecule has 25 heavy (non-hydrogen) atoms. The van der Waals surface area contributed by atoms with Gasteiger partial charge in [-0.3, -0.25) is 4.90 Å². The maximum Gasteiger partial charge on any atom is 0.338 e. The van der Waals surface area contributed by atoms with Gasteiger partial charge >= 0.3 is 12.0 Å². The zero-order valence-corrected chi connectivity index (χ0v) is 14.5. The number of rotatable bonds is 5. The van der Waals surface area contributed by atoms with E-state index in [1.165, 1.54) is 19.1 Å². The first-order chi connectivity index (χ1) is 12.2. The first-order valence-electron chi connectivity index (χ1n) is 8.92. The van der Waals surface area contributed by atoms with Crippen LogP contribution in [-0.2, 0) is 9.53 Å². The Morgan fingerprint density at radius 1 is 1.32 bits per heavy atom. The van der Waals surface area contributed by atoms with E-state index < -0.39 is 12.0 Å². The number of hydrogen-bond donors (Lipinski definition) is 2. The highest BCUT2D eigenvalue weighted by Crippen LogP contribution is 2.28. The van der Waals surface area contributed by atoms with Crippen LogP contribution in [0.5, 0.6) is 0 Å². The number of urea groups is 1. The summed E-state index contributed by atoms with van der Waals surface area (Å²) >= 11 is 0. The first-order valence-corrected chi connectivity index (χ1v) is 8.92. The molecular weight excluding hydrogens is 322 g/mol. The summed E-state index contributed by atoms with van der Waals surface area (Å²) in [6.07, 6.45) is 6.25.